The molecule has 0 radical (unpaired) electrons. The van der Waals surface area contributed by atoms with Crippen molar-refractivity contribution in [1.82, 2.24) is 0 Å². The number of fused-ring (bicyclic) bond motifs is 1. The van der Waals surface area contributed by atoms with Gasteiger partial charge in [0.2, 0.25) is 6.29 Å². The fourth-order valence-corrected chi connectivity index (χ4v) is 2.23. The van der Waals surface area contributed by atoms with E-state index in [2.05, 4.69) is 0 Å². The summed E-state index contributed by atoms with van der Waals surface area (Å²) in [6.07, 6.45) is -2.30. The number of hydrogen-bond acceptors (Lipinski definition) is 7. The Morgan fingerprint density at radius 1 is 1.11 bits per heavy atom. The maximum atomic E-state index is 11.0. The Morgan fingerprint density at radius 2 is 1.74 bits per heavy atom. The standard InChI is InChI=1S/C12H18O7/c1-6(13)15-5-8-9-10(19-12(3,4)18-9)11(17-8)16-7(2)14/h8-11H,5H2,1-4H3/t8-,9-,10?,11?/m1/s1. The van der Waals surface area contributed by atoms with E-state index in [1.165, 1.54) is 13.8 Å². The molecule has 0 bridgehead atoms. The van der Waals surface area contributed by atoms with E-state index in [-0.39, 0.29) is 6.61 Å². The van der Waals surface area contributed by atoms with Crippen LogP contribution in [0.15, 0.2) is 0 Å². The van der Waals surface area contributed by atoms with E-state index < -0.39 is 42.3 Å². The molecule has 2 heterocycles. The highest BCUT2D eigenvalue weighted by Crippen LogP contribution is 2.39. The molecular weight excluding hydrogens is 256 g/mol. The van der Waals surface area contributed by atoms with Crippen molar-refractivity contribution in [3.63, 3.8) is 0 Å². The second kappa shape index (κ2) is 5.07. The molecule has 108 valence electrons. The van der Waals surface area contributed by atoms with Crippen LogP contribution in [0.3, 0.4) is 0 Å². The van der Waals surface area contributed by atoms with Crippen LogP contribution in [-0.4, -0.2) is 48.9 Å². The van der Waals surface area contributed by atoms with Gasteiger partial charge in [0.15, 0.2) is 11.9 Å². The molecule has 2 aliphatic heterocycles. The monoisotopic (exact) mass is 274 g/mol. The zero-order chi connectivity index (χ0) is 14.2. The lowest BCUT2D eigenvalue weighted by molar-refractivity contribution is -0.234. The number of carbonyl (C=O) groups is 2. The van der Waals surface area contributed by atoms with Crippen LogP contribution >= 0.6 is 0 Å². The van der Waals surface area contributed by atoms with Crippen LogP contribution in [0.2, 0.25) is 0 Å². The summed E-state index contributed by atoms with van der Waals surface area (Å²) in [6.45, 7) is 6.16. The van der Waals surface area contributed by atoms with Crippen LogP contribution in [-0.2, 0) is 33.3 Å². The fraction of sp³-hybridized carbons (Fsp3) is 0.833. The van der Waals surface area contributed by atoms with Gasteiger partial charge in [0.1, 0.15) is 18.8 Å². The minimum Gasteiger partial charge on any atom is -0.463 e. The lowest BCUT2D eigenvalue weighted by Crippen LogP contribution is -2.33. The number of ether oxygens (including phenoxy) is 5. The Bertz CT molecular complexity index is 378. The first-order chi connectivity index (χ1) is 8.78. The Kier molecular flexibility index (Phi) is 3.80. The number of hydrogen-bond donors (Lipinski definition) is 0. The molecule has 0 aromatic rings. The Morgan fingerprint density at radius 3 is 2.32 bits per heavy atom. The third-order valence-corrected chi connectivity index (χ3v) is 2.84. The topological polar surface area (TPSA) is 80.3 Å². The first-order valence-corrected chi connectivity index (χ1v) is 6.10. The molecule has 2 saturated heterocycles. The summed E-state index contributed by atoms with van der Waals surface area (Å²) in [5, 5.41) is 0. The van der Waals surface area contributed by atoms with Crippen molar-refractivity contribution >= 4 is 11.9 Å². The zero-order valence-corrected chi connectivity index (χ0v) is 11.4. The van der Waals surface area contributed by atoms with E-state index in [9.17, 15) is 9.59 Å². The average Bonchev–Trinajstić information content (AvgIpc) is 2.70. The molecule has 2 unspecified atom stereocenters. The predicted octanol–water partition coefficient (Wildman–Crippen LogP) is 0.358. The normalized spacial score (nSPS) is 35.8. The van der Waals surface area contributed by atoms with Crippen LogP contribution < -0.4 is 0 Å². The summed E-state index contributed by atoms with van der Waals surface area (Å²) < 4.78 is 26.8. The second-order valence-electron chi connectivity index (χ2n) is 5.02. The van der Waals surface area contributed by atoms with Crippen molar-refractivity contribution in [3.8, 4) is 0 Å². The highest BCUT2D eigenvalue weighted by atomic mass is 16.8. The first-order valence-electron chi connectivity index (χ1n) is 6.10. The molecule has 2 rings (SSSR count). The maximum absolute atomic E-state index is 11.0. The molecule has 0 amide bonds. The molecule has 7 heteroatoms. The summed E-state index contributed by atoms with van der Waals surface area (Å²) in [5.74, 6) is -1.66. The molecule has 2 fully saturated rings. The van der Waals surface area contributed by atoms with Crippen LogP contribution in [0.4, 0.5) is 0 Å². The average molecular weight is 274 g/mol. The van der Waals surface area contributed by atoms with E-state index in [4.69, 9.17) is 23.7 Å². The van der Waals surface area contributed by atoms with Gasteiger partial charge < -0.3 is 23.7 Å². The number of carbonyl (C=O) groups excluding carboxylic acids is 2. The van der Waals surface area contributed by atoms with Gasteiger partial charge in [-0.1, -0.05) is 0 Å². The predicted molar refractivity (Wildman–Crippen MR) is 60.9 cm³/mol. The molecule has 0 N–H and O–H groups in total. The van der Waals surface area contributed by atoms with E-state index in [0.717, 1.165) is 0 Å². The van der Waals surface area contributed by atoms with Crippen LogP contribution in [0.1, 0.15) is 27.7 Å². The van der Waals surface area contributed by atoms with Gasteiger partial charge in [0.05, 0.1) is 0 Å². The summed E-state index contributed by atoms with van der Waals surface area (Å²) in [6, 6.07) is 0. The van der Waals surface area contributed by atoms with Gasteiger partial charge in [-0.15, -0.1) is 0 Å². The quantitative estimate of drug-likeness (QED) is 0.687. The van der Waals surface area contributed by atoms with Crippen molar-refractivity contribution in [1.29, 1.82) is 0 Å². The molecule has 19 heavy (non-hydrogen) atoms. The lowest BCUT2D eigenvalue weighted by Gasteiger charge is -2.23. The van der Waals surface area contributed by atoms with E-state index >= 15 is 0 Å². The molecule has 7 nitrogen and oxygen atoms in total. The number of esters is 2. The summed E-state index contributed by atoms with van der Waals surface area (Å²) in [4.78, 5) is 21.9. The van der Waals surface area contributed by atoms with Crippen molar-refractivity contribution in [3.05, 3.63) is 0 Å². The van der Waals surface area contributed by atoms with E-state index in [1.54, 1.807) is 13.8 Å². The SMILES string of the molecule is CC(=O)OC[C@H]1OC(OC(C)=O)C2OC(C)(C)O[C@@H]21. The van der Waals surface area contributed by atoms with Crippen molar-refractivity contribution in [2.24, 2.45) is 0 Å². The van der Waals surface area contributed by atoms with Crippen molar-refractivity contribution in [2.75, 3.05) is 6.61 Å². The van der Waals surface area contributed by atoms with Crippen molar-refractivity contribution < 1.29 is 33.3 Å². The smallest absolute Gasteiger partial charge is 0.305 e. The lowest BCUT2D eigenvalue weighted by atomic mass is 10.1. The Hall–Kier alpha value is -1.18. The van der Waals surface area contributed by atoms with Crippen LogP contribution in [0.25, 0.3) is 0 Å². The maximum Gasteiger partial charge on any atom is 0.305 e. The number of rotatable bonds is 3. The molecule has 0 saturated carbocycles. The summed E-state index contributed by atoms with van der Waals surface area (Å²) in [5.41, 5.74) is 0. The minimum atomic E-state index is -0.843. The molecule has 0 aromatic heterocycles. The molecule has 4 atom stereocenters. The molecule has 0 spiro atoms. The highest BCUT2D eigenvalue weighted by molar-refractivity contribution is 5.66. The largest absolute Gasteiger partial charge is 0.463 e. The van der Waals surface area contributed by atoms with Gasteiger partial charge in [-0.2, -0.15) is 0 Å². The van der Waals surface area contributed by atoms with Gasteiger partial charge in [-0.25, -0.2) is 0 Å². The first kappa shape index (κ1) is 14.2. The van der Waals surface area contributed by atoms with Gasteiger partial charge in [-0.3, -0.25) is 9.59 Å². The third kappa shape index (κ3) is 3.23. The molecule has 0 aromatic carbocycles. The second-order valence-corrected chi connectivity index (χ2v) is 5.02. The Balaban J connectivity index is 2.05. The van der Waals surface area contributed by atoms with E-state index in [1.807, 2.05) is 0 Å². The van der Waals surface area contributed by atoms with Crippen LogP contribution in [0.5, 0.6) is 0 Å². The highest BCUT2D eigenvalue weighted by Gasteiger charge is 2.56. The van der Waals surface area contributed by atoms with E-state index in [0.29, 0.717) is 0 Å². The minimum absolute atomic E-state index is 0.0354. The molecule has 0 aliphatic carbocycles. The third-order valence-electron chi connectivity index (χ3n) is 2.84. The Labute approximate surface area is 111 Å². The van der Waals surface area contributed by atoms with Crippen LogP contribution in [0, 0.1) is 0 Å². The molecular formula is C12H18O7. The van der Waals surface area contributed by atoms with Gasteiger partial charge in [-0.05, 0) is 13.8 Å². The van der Waals surface area contributed by atoms with Gasteiger partial charge >= 0.3 is 11.9 Å². The summed E-state index contributed by atoms with van der Waals surface area (Å²) in [7, 11) is 0. The van der Waals surface area contributed by atoms with Gasteiger partial charge in [0.25, 0.3) is 0 Å². The molecule has 2 aliphatic rings. The van der Waals surface area contributed by atoms with Gasteiger partial charge in [0, 0.05) is 13.8 Å². The van der Waals surface area contributed by atoms with Crippen molar-refractivity contribution in [2.45, 2.75) is 58.1 Å². The zero-order valence-electron chi connectivity index (χ0n) is 11.4. The summed E-state index contributed by atoms with van der Waals surface area (Å²) >= 11 is 0. The fourth-order valence-electron chi connectivity index (χ4n) is 2.23.